The molecule has 0 radical (unpaired) electrons. The second kappa shape index (κ2) is 8.46. The van der Waals surface area contributed by atoms with Gasteiger partial charge in [-0.05, 0) is 42.7 Å². The third kappa shape index (κ3) is 3.31. The van der Waals surface area contributed by atoms with Crippen LogP contribution in [0.2, 0.25) is 0 Å². The Balaban J connectivity index is 1.49. The van der Waals surface area contributed by atoms with E-state index >= 15 is 0 Å². The molecule has 1 amide bonds. The highest BCUT2D eigenvalue weighted by Crippen LogP contribution is 2.59. The van der Waals surface area contributed by atoms with Crippen molar-refractivity contribution in [3.63, 3.8) is 0 Å². The van der Waals surface area contributed by atoms with Crippen LogP contribution in [0.3, 0.4) is 0 Å². The predicted molar refractivity (Wildman–Crippen MR) is 135 cm³/mol. The molecule has 0 aliphatic carbocycles. The number of benzene rings is 3. The lowest BCUT2D eigenvalue weighted by Crippen LogP contribution is -2.55. The molecule has 0 bridgehead atoms. The summed E-state index contributed by atoms with van der Waals surface area (Å²) in [6.45, 7) is 0.996. The Morgan fingerprint density at radius 1 is 1.11 bits per heavy atom. The minimum Gasteiger partial charge on any atom is -0.489 e. The lowest BCUT2D eigenvalue weighted by atomic mass is 9.77. The fourth-order valence-corrected chi connectivity index (χ4v) is 6.77. The number of ether oxygens (including phenoxy) is 1. The van der Waals surface area contributed by atoms with Gasteiger partial charge in [0.25, 0.3) is 11.9 Å². The van der Waals surface area contributed by atoms with Crippen LogP contribution in [0.1, 0.15) is 35.4 Å². The number of nitrogens with zero attached hydrogens (tertiary/aromatic N) is 2. The second-order valence-electron chi connectivity index (χ2n) is 9.38. The summed E-state index contributed by atoms with van der Waals surface area (Å²) in [7, 11) is 0. The number of nitrogens with one attached hydrogen (secondary N) is 1. The van der Waals surface area contributed by atoms with Crippen LogP contribution in [0.5, 0.6) is 5.75 Å². The van der Waals surface area contributed by atoms with Crippen molar-refractivity contribution in [1.29, 1.82) is 0 Å². The SMILES string of the molecule is O=C1Nc2ccccc2[C@]12[C@H]([N+](=O)[O-])[C@H](c1cc(Br)ccc1OCc1ccccc1)[C@H]1CCCN12. The highest BCUT2D eigenvalue weighted by molar-refractivity contribution is 9.10. The Kier molecular flexibility index (Phi) is 5.38. The number of rotatable bonds is 5. The Labute approximate surface area is 211 Å². The second-order valence-corrected chi connectivity index (χ2v) is 10.3. The van der Waals surface area contributed by atoms with Crippen molar-refractivity contribution in [2.45, 2.75) is 43.0 Å². The summed E-state index contributed by atoms with van der Waals surface area (Å²) >= 11 is 3.56. The number of carbonyl (C=O) groups is 1. The molecule has 6 rings (SSSR count). The molecule has 178 valence electrons. The van der Waals surface area contributed by atoms with Gasteiger partial charge in [0.05, 0.1) is 5.92 Å². The van der Waals surface area contributed by atoms with Gasteiger partial charge < -0.3 is 10.1 Å². The molecule has 0 saturated carbocycles. The summed E-state index contributed by atoms with van der Waals surface area (Å²) < 4.78 is 7.07. The van der Waals surface area contributed by atoms with Crippen LogP contribution in [-0.2, 0) is 16.9 Å². The molecule has 35 heavy (non-hydrogen) atoms. The standard InChI is InChI=1S/C27H24BrN3O4/c28-18-12-13-23(35-16-17-7-2-1-3-8-17)19(15-18)24-22-11-6-14-30(22)27(25(24)31(33)34)20-9-4-5-10-21(20)29-26(27)32/h1-5,7-10,12-13,15,22,24-25H,6,11,14,16H2,(H,29,32)/t22-,24-,25-,27+/m1/s1. The third-order valence-electron chi connectivity index (χ3n) is 7.66. The summed E-state index contributed by atoms with van der Waals surface area (Å²) in [5.74, 6) is -0.200. The molecule has 0 unspecified atom stereocenters. The largest absolute Gasteiger partial charge is 0.489 e. The van der Waals surface area contributed by atoms with Gasteiger partial charge in [0.15, 0.2) is 5.54 Å². The predicted octanol–water partition coefficient (Wildman–Crippen LogP) is 5.08. The molecule has 2 fully saturated rings. The summed E-state index contributed by atoms with van der Waals surface area (Å²) in [6.07, 6.45) is 1.67. The Bertz CT molecular complexity index is 1320. The molecule has 2 saturated heterocycles. The molecule has 3 heterocycles. The van der Waals surface area contributed by atoms with Crippen LogP contribution in [0.15, 0.2) is 77.3 Å². The van der Waals surface area contributed by atoms with Gasteiger partial charge in [-0.25, -0.2) is 0 Å². The van der Waals surface area contributed by atoms with Gasteiger partial charge in [0.2, 0.25) is 0 Å². The summed E-state index contributed by atoms with van der Waals surface area (Å²) in [4.78, 5) is 28.4. The minimum atomic E-state index is -1.34. The van der Waals surface area contributed by atoms with Crippen LogP contribution >= 0.6 is 15.9 Å². The molecular formula is C27H24BrN3O4. The fourth-order valence-electron chi connectivity index (χ4n) is 6.39. The van der Waals surface area contributed by atoms with Crippen LogP contribution in [-0.4, -0.2) is 34.4 Å². The number of halogens is 1. The smallest absolute Gasteiger partial charge is 0.256 e. The molecule has 0 aromatic heterocycles. The lowest BCUT2D eigenvalue weighted by Gasteiger charge is -2.32. The number of para-hydroxylation sites is 1. The van der Waals surface area contributed by atoms with Gasteiger partial charge in [-0.15, -0.1) is 0 Å². The van der Waals surface area contributed by atoms with Crippen molar-refractivity contribution in [2.75, 3.05) is 11.9 Å². The van der Waals surface area contributed by atoms with Gasteiger partial charge in [0, 0.05) is 38.8 Å². The van der Waals surface area contributed by atoms with Crippen molar-refractivity contribution in [3.8, 4) is 5.75 Å². The van der Waals surface area contributed by atoms with Gasteiger partial charge in [0.1, 0.15) is 12.4 Å². The molecule has 4 atom stereocenters. The van der Waals surface area contributed by atoms with E-state index in [1.165, 1.54) is 0 Å². The van der Waals surface area contributed by atoms with Crippen molar-refractivity contribution in [2.24, 2.45) is 0 Å². The van der Waals surface area contributed by atoms with E-state index in [2.05, 4.69) is 26.1 Å². The molecule has 7 nitrogen and oxygen atoms in total. The first-order valence-electron chi connectivity index (χ1n) is 11.8. The van der Waals surface area contributed by atoms with E-state index in [1.54, 1.807) is 0 Å². The lowest BCUT2D eigenvalue weighted by molar-refractivity contribution is -0.534. The van der Waals surface area contributed by atoms with E-state index in [0.717, 1.165) is 28.4 Å². The molecular weight excluding hydrogens is 510 g/mol. The van der Waals surface area contributed by atoms with Crippen LogP contribution in [0.25, 0.3) is 0 Å². The van der Waals surface area contributed by atoms with Crippen LogP contribution < -0.4 is 10.1 Å². The van der Waals surface area contributed by atoms with Gasteiger partial charge in [-0.2, -0.15) is 0 Å². The van der Waals surface area contributed by atoms with E-state index in [-0.39, 0.29) is 16.9 Å². The van der Waals surface area contributed by atoms with Crippen molar-refractivity contribution >= 4 is 27.5 Å². The first-order chi connectivity index (χ1) is 17.0. The first kappa shape index (κ1) is 22.2. The number of hydrogen-bond acceptors (Lipinski definition) is 5. The highest BCUT2D eigenvalue weighted by atomic mass is 79.9. The average Bonchev–Trinajstić information content (AvgIpc) is 3.52. The highest BCUT2D eigenvalue weighted by Gasteiger charge is 2.73. The van der Waals surface area contributed by atoms with Gasteiger partial charge in [-0.1, -0.05) is 64.5 Å². The number of anilines is 1. The van der Waals surface area contributed by atoms with E-state index in [1.807, 2.05) is 72.8 Å². The number of hydrogen-bond donors (Lipinski definition) is 1. The maximum atomic E-state index is 13.7. The van der Waals surface area contributed by atoms with Gasteiger partial charge in [-0.3, -0.25) is 19.8 Å². The molecule has 1 N–H and O–H groups in total. The number of nitro groups is 1. The average molecular weight is 534 g/mol. The fraction of sp³-hybridized carbons (Fsp3) is 0.296. The van der Waals surface area contributed by atoms with E-state index < -0.39 is 17.5 Å². The molecule has 3 aromatic rings. The Hall–Kier alpha value is -3.23. The quantitative estimate of drug-likeness (QED) is 0.365. The van der Waals surface area contributed by atoms with E-state index in [4.69, 9.17) is 4.74 Å². The van der Waals surface area contributed by atoms with Crippen LogP contribution in [0.4, 0.5) is 5.69 Å². The summed E-state index contributed by atoms with van der Waals surface area (Å²) in [5.41, 5.74) is 1.79. The summed E-state index contributed by atoms with van der Waals surface area (Å²) in [5, 5.41) is 15.8. The summed E-state index contributed by atoms with van der Waals surface area (Å²) in [6, 6.07) is 21.6. The molecule has 8 heteroatoms. The number of fused-ring (bicyclic) bond motifs is 4. The Morgan fingerprint density at radius 3 is 2.69 bits per heavy atom. The molecule has 3 aliphatic rings. The normalized spacial score (nSPS) is 27.0. The van der Waals surface area contributed by atoms with Crippen molar-refractivity contribution in [3.05, 3.63) is 104 Å². The maximum absolute atomic E-state index is 13.7. The number of amides is 1. The van der Waals surface area contributed by atoms with Crippen molar-refractivity contribution < 1.29 is 14.5 Å². The topological polar surface area (TPSA) is 84.7 Å². The third-order valence-corrected chi connectivity index (χ3v) is 8.16. The zero-order chi connectivity index (χ0) is 24.2. The molecule has 3 aliphatic heterocycles. The van der Waals surface area contributed by atoms with E-state index in [0.29, 0.717) is 30.2 Å². The molecule has 1 spiro atoms. The molecule has 3 aromatic carbocycles. The monoisotopic (exact) mass is 533 g/mol. The van der Waals surface area contributed by atoms with Crippen LogP contribution in [0, 0.1) is 10.1 Å². The zero-order valence-corrected chi connectivity index (χ0v) is 20.5. The minimum absolute atomic E-state index is 0.143. The number of carbonyl (C=O) groups excluding carboxylic acids is 1. The maximum Gasteiger partial charge on any atom is 0.256 e. The Morgan fingerprint density at radius 2 is 1.89 bits per heavy atom. The zero-order valence-electron chi connectivity index (χ0n) is 18.9. The van der Waals surface area contributed by atoms with Crippen molar-refractivity contribution in [1.82, 2.24) is 4.90 Å². The van der Waals surface area contributed by atoms with Gasteiger partial charge >= 0.3 is 0 Å². The first-order valence-corrected chi connectivity index (χ1v) is 12.6. The van der Waals surface area contributed by atoms with E-state index in [9.17, 15) is 14.9 Å².